The molecule has 0 bridgehead atoms. The number of nitrogens with zero attached hydrogens (tertiary/aromatic N) is 1. The number of carbonyl (C=O) groups is 1. The molecule has 0 atom stereocenters. The fourth-order valence-corrected chi connectivity index (χ4v) is 1.56. The summed E-state index contributed by atoms with van der Waals surface area (Å²) in [6, 6.07) is 1.40. The Kier molecular flexibility index (Phi) is 5.35. The maximum absolute atomic E-state index is 13.7. The number of benzene rings is 1. The number of nitrogens with one attached hydrogen (secondary N) is 1. The first kappa shape index (κ1) is 15.0. The van der Waals surface area contributed by atoms with E-state index in [2.05, 4.69) is 5.32 Å². The number of unbranched alkanes of at least 4 members (excludes halogenated alkanes) is 2. The lowest BCUT2D eigenvalue weighted by Gasteiger charge is -2.06. The van der Waals surface area contributed by atoms with Crippen molar-refractivity contribution in [3.8, 4) is 0 Å². The molecule has 1 rings (SSSR count). The van der Waals surface area contributed by atoms with Gasteiger partial charge < -0.3 is 5.32 Å². The highest BCUT2D eigenvalue weighted by Gasteiger charge is 2.25. The largest absolute Gasteiger partial charge is 0.352 e. The second kappa shape index (κ2) is 6.77. The first-order chi connectivity index (χ1) is 8.99. The van der Waals surface area contributed by atoms with Gasteiger partial charge in [0.05, 0.1) is 4.92 Å². The van der Waals surface area contributed by atoms with E-state index in [1.807, 2.05) is 6.92 Å². The molecule has 19 heavy (non-hydrogen) atoms. The minimum atomic E-state index is -1.45. The summed E-state index contributed by atoms with van der Waals surface area (Å²) in [6.45, 7) is 2.25. The summed E-state index contributed by atoms with van der Waals surface area (Å²) in [6.07, 6.45) is 2.50. The Morgan fingerprint density at radius 1 is 1.37 bits per heavy atom. The first-order valence-corrected chi connectivity index (χ1v) is 5.89. The zero-order valence-electron chi connectivity index (χ0n) is 10.4. The zero-order valence-corrected chi connectivity index (χ0v) is 10.4. The summed E-state index contributed by atoms with van der Waals surface area (Å²) in [7, 11) is 0. The molecule has 0 fully saturated rings. The second-order valence-electron chi connectivity index (χ2n) is 3.98. The number of nitro benzene ring substituents is 1. The van der Waals surface area contributed by atoms with Crippen LogP contribution in [0.25, 0.3) is 0 Å². The molecule has 1 aromatic rings. The smallest absolute Gasteiger partial charge is 0.305 e. The lowest BCUT2D eigenvalue weighted by molar-refractivity contribution is -0.387. The summed E-state index contributed by atoms with van der Waals surface area (Å²) >= 11 is 0. The van der Waals surface area contributed by atoms with Gasteiger partial charge in [0, 0.05) is 12.6 Å². The van der Waals surface area contributed by atoms with Crippen LogP contribution in [0.15, 0.2) is 12.1 Å². The fourth-order valence-electron chi connectivity index (χ4n) is 1.56. The molecule has 0 saturated carbocycles. The number of hydrogen-bond acceptors (Lipinski definition) is 3. The van der Waals surface area contributed by atoms with Gasteiger partial charge in [-0.2, -0.15) is 4.39 Å². The monoisotopic (exact) mass is 272 g/mol. The van der Waals surface area contributed by atoms with Crippen LogP contribution in [0.2, 0.25) is 0 Å². The van der Waals surface area contributed by atoms with Crippen LogP contribution in [-0.2, 0) is 0 Å². The first-order valence-electron chi connectivity index (χ1n) is 5.89. The van der Waals surface area contributed by atoms with Crippen molar-refractivity contribution in [3.63, 3.8) is 0 Å². The number of nitro groups is 1. The van der Waals surface area contributed by atoms with Gasteiger partial charge in [0.15, 0.2) is 0 Å². The molecule has 1 N–H and O–H groups in total. The van der Waals surface area contributed by atoms with Crippen LogP contribution in [0.5, 0.6) is 0 Å². The Bertz CT molecular complexity index is 492. The highest BCUT2D eigenvalue weighted by atomic mass is 19.1. The number of hydrogen-bond donors (Lipinski definition) is 1. The predicted octanol–water partition coefficient (Wildman–Crippen LogP) is 2.79. The van der Waals surface area contributed by atoms with Crippen LogP contribution in [0.3, 0.4) is 0 Å². The average Bonchev–Trinajstić information content (AvgIpc) is 2.34. The predicted molar refractivity (Wildman–Crippen MR) is 64.9 cm³/mol. The number of rotatable bonds is 6. The molecule has 0 saturated heterocycles. The molecule has 5 nitrogen and oxygen atoms in total. The molecule has 1 aromatic carbocycles. The third-order valence-electron chi connectivity index (χ3n) is 2.56. The van der Waals surface area contributed by atoms with E-state index in [0.717, 1.165) is 12.8 Å². The van der Waals surface area contributed by atoms with E-state index in [0.29, 0.717) is 18.6 Å². The van der Waals surface area contributed by atoms with Crippen LogP contribution in [0, 0.1) is 21.7 Å². The summed E-state index contributed by atoms with van der Waals surface area (Å²) in [4.78, 5) is 21.1. The van der Waals surface area contributed by atoms with E-state index < -0.39 is 33.7 Å². The zero-order chi connectivity index (χ0) is 14.4. The molecular weight excluding hydrogens is 258 g/mol. The summed E-state index contributed by atoms with van der Waals surface area (Å²) in [5.74, 6) is -3.54. The summed E-state index contributed by atoms with van der Waals surface area (Å²) in [5, 5.41) is 12.9. The highest BCUT2D eigenvalue weighted by Crippen LogP contribution is 2.22. The van der Waals surface area contributed by atoms with Gasteiger partial charge in [-0.05, 0) is 12.5 Å². The fraction of sp³-hybridized carbons (Fsp3) is 0.417. The van der Waals surface area contributed by atoms with Crippen LogP contribution in [0.1, 0.15) is 36.5 Å². The van der Waals surface area contributed by atoms with Crippen molar-refractivity contribution in [2.24, 2.45) is 0 Å². The van der Waals surface area contributed by atoms with Gasteiger partial charge in [-0.25, -0.2) is 4.39 Å². The maximum Gasteiger partial charge on any atom is 0.305 e. The van der Waals surface area contributed by atoms with Crippen molar-refractivity contribution in [2.75, 3.05) is 6.54 Å². The molecule has 104 valence electrons. The Morgan fingerprint density at radius 3 is 2.63 bits per heavy atom. The normalized spacial score (nSPS) is 10.3. The van der Waals surface area contributed by atoms with Gasteiger partial charge >= 0.3 is 5.69 Å². The molecule has 1 amide bonds. The lowest BCUT2D eigenvalue weighted by atomic mass is 10.1. The van der Waals surface area contributed by atoms with Crippen LogP contribution in [-0.4, -0.2) is 17.4 Å². The quantitative estimate of drug-likeness (QED) is 0.491. The molecule has 0 heterocycles. The Hall–Kier alpha value is -2.05. The molecule has 0 aliphatic heterocycles. The van der Waals surface area contributed by atoms with E-state index in [4.69, 9.17) is 0 Å². The van der Waals surface area contributed by atoms with E-state index in [1.165, 1.54) is 0 Å². The van der Waals surface area contributed by atoms with Crippen molar-refractivity contribution in [3.05, 3.63) is 39.4 Å². The van der Waals surface area contributed by atoms with Crippen molar-refractivity contribution in [1.29, 1.82) is 0 Å². The van der Waals surface area contributed by atoms with Gasteiger partial charge in [-0.3, -0.25) is 14.9 Å². The molecule has 0 radical (unpaired) electrons. The van der Waals surface area contributed by atoms with E-state index in [9.17, 15) is 23.7 Å². The minimum Gasteiger partial charge on any atom is -0.352 e. The molecule has 0 aromatic heterocycles. The number of amides is 1. The Morgan fingerprint density at radius 2 is 2.05 bits per heavy atom. The average molecular weight is 272 g/mol. The third kappa shape index (κ3) is 3.70. The van der Waals surface area contributed by atoms with Gasteiger partial charge in [-0.1, -0.05) is 19.8 Å². The molecule has 0 spiro atoms. The molecule has 7 heteroatoms. The van der Waals surface area contributed by atoms with Crippen LogP contribution < -0.4 is 5.32 Å². The minimum absolute atomic E-state index is 0.272. The maximum atomic E-state index is 13.7. The van der Waals surface area contributed by atoms with Gasteiger partial charge in [0.1, 0.15) is 11.4 Å². The van der Waals surface area contributed by atoms with Crippen molar-refractivity contribution >= 4 is 11.6 Å². The van der Waals surface area contributed by atoms with E-state index >= 15 is 0 Å². The second-order valence-corrected chi connectivity index (χ2v) is 3.98. The Labute approximate surface area is 108 Å². The lowest BCUT2D eigenvalue weighted by Crippen LogP contribution is -2.26. The molecule has 0 unspecified atom stereocenters. The number of halogens is 2. The van der Waals surface area contributed by atoms with Crippen molar-refractivity contribution in [1.82, 2.24) is 5.32 Å². The number of carbonyl (C=O) groups excluding carboxylic acids is 1. The molecule has 0 aliphatic carbocycles. The SMILES string of the molecule is CCCCCNC(=O)c1c(F)ccc([N+](=O)[O-])c1F. The Balaban J connectivity index is 2.90. The molecule has 0 aliphatic rings. The van der Waals surface area contributed by atoms with Gasteiger partial charge in [-0.15, -0.1) is 0 Å². The summed E-state index contributed by atoms with van der Waals surface area (Å²) < 4.78 is 27.1. The summed E-state index contributed by atoms with van der Waals surface area (Å²) in [5.41, 5.74) is -1.83. The van der Waals surface area contributed by atoms with Crippen molar-refractivity contribution < 1.29 is 18.5 Å². The third-order valence-corrected chi connectivity index (χ3v) is 2.56. The highest BCUT2D eigenvalue weighted by molar-refractivity contribution is 5.95. The topological polar surface area (TPSA) is 72.2 Å². The van der Waals surface area contributed by atoms with E-state index in [-0.39, 0.29) is 6.54 Å². The van der Waals surface area contributed by atoms with E-state index in [1.54, 1.807) is 0 Å². The van der Waals surface area contributed by atoms with Crippen LogP contribution >= 0.6 is 0 Å². The van der Waals surface area contributed by atoms with Gasteiger partial charge in [0.2, 0.25) is 5.82 Å². The standard InChI is InChI=1S/C12H14F2N2O3/c1-2-3-4-7-15-12(17)10-8(13)5-6-9(11(10)14)16(18)19/h5-6H,2-4,7H2,1H3,(H,15,17). The molecular formula is C12H14F2N2O3. The van der Waals surface area contributed by atoms with Gasteiger partial charge in [0.25, 0.3) is 5.91 Å². The van der Waals surface area contributed by atoms with Crippen LogP contribution in [0.4, 0.5) is 14.5 Å². The van der Waals surface area contributed by atoms with Crippen molar-refractivity contribution in [2.45, 2.75) is 26.2 Å².